The van der Waals surface area contributed by atoms with Crippen LogP contribution in [0.25, 0.3) is 0 Å². The fourth-order valence-corrected chi connectivity index (χ4v) is 2.93. The second kappa shape index (κ2) is 6.81. The van der Waals surface area contributed by atoms with Gasteiger partial charge in [0, 0.05) is 17.7 Å². The number of ether oxygens (including phenoxy) is 1. The smallest absolute Gasteiger partial charge is 0.340 e. The van der Waals surface area contributed by atoms with Crippen LogP contribution in [0.2, 0.25) is 0 Å². The Morgan fingerprint density at radius 2 is 2.12 bits per heavy atom. The number of thioether (sulfide) groups is 1. The Balaban J connectivity index is 1.80. The van der Waals surface area contributed by atoms with Crippen LogP contribution in [-0.2, 0) is 9.53 Å². The van der Waals surface area contributed by atoms with Gasteiger partial charge in [-0.1, -0.05) is 0 Å². The van der Waals surface area contributed by atoms with Gasteiger partial charge in [0.25, 0.3) is 5.91 Å². The van der Waals surface area contributed by atoms with Gasteiger partial charge in [-0.2, -0.15) is 5.26 Å². The number of aromatic nitrogens is 1. The van der Waals surface area contributed by atoms with E-state index < -0.39 is 12.1 Å². The molecule has 1 aromatic rings. The van der Waals surface area contributed by atoms with E-state index in [0.717, 1.165) is 31.4 Å². The van der Waals surface area contributed by atoms with E-state index in [9.17, 15) is 14.9 Å². The number of carbonyl (C=O) groups is 2. The van der Waals surface area contributed by atoms with Crippen LogP contribution in [0.4, 0.5) is 0 Å². The lowest BCUT2D eigenvalue weighted by molar-refractivity contribution is -0.129. The van der Waals surface area contributed by atoms with E-state index in [1.165, 1.54) is 11.8 Å². The molecule has 1 heterocycles. The number of pyridine rings is 1. The van der Waals surface area contributed by atoms with E-state index >= 15 is 0 Å². The van der Waals surface area contributed by atoms with E-state index in [4.69, 9.17) is 4.74 Å². The number of nitriles is 1. The Kier molecular flexibility index (Phi) is 4.76. The maximum absolute atomic E-state index is 12.5. The van der Waals surface area contributed by atoms with E-state index in [1.54, 1.807) is 13.0 Å². The average Bonchev–Trinajstić information content (AvgIpc) is 3.46. The molecule has 1 unspecified atom stereocenters. The SMILES string of the molecule is CSc1nc(C2CC2)cc(C(=O)OC(C)C(=O)NC2CC2)c1C#N. The molecule has 0 aromatic carbocycles. The van der Waals surface area contributed by atoms with Gasteiger partial charge in [-0.3, -0.25) is 4.79 Å². The molecule has 0 saturated heterocycles. The van der Waals surface area contributed by atoms with E-state index in [1.807, 2.05) is 12.3 Å². The molecule has 2 saturated carbocycles. The van der Waals surface area contributed by atoms with Crippen LogP contribution >= 0.6 is 11.8 Å². The van der Waals surface area contributed by atoms with Gasteiger partial charge in [-0.25, -0.2) is 9.78 Å². The summed E-state index contributed by atoms with van der Waals surface area (Å²) in [5, 5.41) is 12.7. The standard InChI is InChI=1S/C17H19N3O3S/c1-9(15(21)19-11-5-6-11)23-17(22)12-7-14(10-3-4-10)20-16(24-2)13(12)8-18/h7,9-11H,3-6H2,1-2H3,(H,19,21). The van der Waals surface area contributed by atoms with Crippen molar-refractivity contribution in [3.63, 3.8) is 0 Å². The Bertz CT molecular complexity index is 721. The van der Waals surface area contributed by atoms with Crippen LogP contribution in [0.1, 0.15) is 60.1 Å². The highest BCUT2D eigenvalue weighted by Crippen LogP contribution is 2.40. The number of carbonyl (C=O) groups excluding carboxylic acids is 2. The lowest BCUT2D eigenvalue weighted by Crippen LogP contribution is -2.37. The van der Waals surface area contributed by atoms with E-state index in [2.05, 4.69) is 10.3 Å². The number of nitrogens with zero attached hydrogens (tertiary/aromatic N) is 2. The summed E-state index contributed by atoms with van der Waals surface area (Å²) < 4.78 is 5.28. The monoisotopic (exact) mass is 345 g/mol. The summed E-state index contributed by atoms with van der Waals surface area (Å²) in [6, 6.07) is 3.89. The fourth-order valence-electron chi connectivity index (χ4n) is 2.37. The predicted molar refractivity (Wildman–Crippen MR) is 88.8 cm³/mol. The van der Waals surface area contributed by atoms with Crippen molar-refractivity contribution in [2.45, 2.75) is 55.7 Å². The summed E-state index contributed by atoms with van der Waals surface area (Å²) >= 11 is 1.33. The first-order valence-corrected chi connectivity index (χ1v) is 9.26. The van der Waals surface area contributed by atoms with Crippen molar-refractivity contribution < 1.29 is 14.3 Å². The number of hydrogen-bond acceptors (Lipinski definition) is 6. The molecular weight excluding hydrogens is 326 g/mol. The Morgan fingerprint density at radius 3 is 2.67 bits per heavy atom. The summed E-state index contributed by atoms with van der Waals surface area (Å²) in [6.07, 6.45) is 4.96. The summed E-state index contributed by atoms with van der Waals surface area (Å²) in [7, 11) is 0. The van der Waals surface area contributed by atoms with Crippen molar-refractivity contribution in [3.8, 4) is 6.07 Å². The molecule has 6 nitrogen and oxygen atoms in total. The Hall–Kier alpha value is -2.07. The lowest BCUT2D eigenvalue weighted by Gasteiger charge is -2.15. The molecule has 2 aliphatic carbocycles. The number of amides is 1. The van der Waals surface area contributed by atoms with Crippen molar-refractivity contribution in [1.29, 1.82) is 5.26 Å². The number of rotatable bonds is 6. The van der Waals surface area contributed by atoms with Gasteiger partial charge in [-0.15, -0.1) is 11.8 Å². The molecule has 2 fully saturated rings. The second-order valence-corrected chi connectivity index (χ2v) is 6.99. The summed E-state index contributed by atoms with van der Waals surface area (Å²) in [5.74, 6) is -0.596. The molecule has 1 atom stereocenters. The van der Waals surface area contributed by atoms with Gasteiger partial charge < -0.3 is 10.1 Å². The van der Waals surface area contributed by atoms with Crippen molar-refractivity contribution in [3.05, 3.63) is 22.9 Å². The molecule has 1 aromatic heterocycles. The average molecular weight is 345 g/mol. The molecular formula is C17H19N3O3S. The highest BCUT2D eigenvalue weighted by Gasteiger charge is 2.31. The molecule has 2 aliphatic rings. The van der Waals surface area contributed by atoms with Gasteiger partial charge >= 0.3 is 5.97 Å². The zero-order valence-electron chi connectivity index (χ0n) is 13.7. The van der Waals surface area contributed by atoms with Crippen molar-refractivity contribution in [2.24, 2.45) is 0 Å². The minimum Gasteiger partial charge on any atom is -0.449 e. The van der Waals surface area contributed by atoms with Gasteiger partial charge in [0.05, 0.1) is 11.1 Å². The molecule has 0 spiro atoms. The van der Waals surface area contributed by atoms with Crippen LogP contribution < -0.4 is 5.32 Å². The molecule has 3 rings (SSSR count). The summed E-state index contributed by atoms with van der Waals surface area (Å²) in [4.78, 5) is 28.9. The Labute approximate surface area is 145 Å². The zero-order chi connectivity index (χ0) is 17.3. The first-order chi connectivity index (χ1) is 11.5. The lowest BCUT2D eigenvalue weighted by atomic mass is 10.1. The first kappa shape index (κ1) is 16.8. The van der Waals surface area contributed by atoms with E-state index in [-0.39, 0.29) is 23.1 Å². The normalized spacial score (nSPS) is 17.7. The zero-order valence-corrected chi connectivity index (χ0v) is 14.5. The van der Waals surface area contributed by atoms with Gasteiger partial charge in [0.1, 0.15) is 11.1 Å². The van der Waals surface area contributed by atoms with Crippen LogP contribution in [-0.4, -0.2) is 35.3 Å². The quantitative estimate of drug-likeness (QED) is 0.628. The Morgan fingerprint density at radius 1 is 1.42 bits per heavy atom. The minimum absolute atomic E-state index is 0.199. The van der Waals surface area contributed by atoms with Crippen LogP contribution in [0.3, 0.4) is 0 Å². The molecule has 126 valence electrons. The highest BCUT2D eigenvalue weighted by molar-refractivity contribution is 7.98. The number of hydrogen-bond donors (Lipinski definition) is 1. The van der Waals surface area contributed by atoms with Crippen LogP contribution in [0.15, 0.2) is 11.1 Å². The molecule has 7 heteroatoms. The van der Waals surface area contributed by atoms with Crippen molar-refractivity contribution in [2.75, 3.05) is 6.26 Å². The fraction of sp³-hybridized carbons (Fsp3) is 0.529. The largest absolute Gasteiger partial charge is 0.449 e. The second-order valence-electron chi connectivity index (χ2n) is 6.20. The van der Waals surface area contributed by atoms with Crippen molar-refractivity contribution in [1.82, 2.24) is 10.3 Å². The van der Waals surface area contributed by atoms with Crippen LogP contribution in [0, 0.1) is 11.3 Å². The number of nitrogens with one attached hydrogen (secondary N) is 1. The van der Waals surface area contributed by atoms with Crippen molar-refractivity contribution >= 4 is 23.6 Å². The third-order valence-electron chi connectivity index (χ3n) is 4.10. The molecule has 1 amide bonds. The third kappa shape index (κ3) is 3.70. The maximum atomic E-state index is 12.5. The van der Waals surface area contributed by atoms with Crippen LogP contribution in [0.5, 0.6) is 0 Å². The van der Waals surface area contributed by atoms with E-state index in [0.29, 0.717) is 10.9 Å². The summed E-state index contributed by atoms with van der Waals surface area (Å²) in [6.45, 7) is 1.54. The predicted octanol–water partition coefficient (Wildman–Crippen LogP) is 2.38. The van der Waals surface area contributed by atoms with Gasteiger partial charge in [-0.05, 0) is 44.9 Å². The van der Waals surface area contributed by atoms with Gasteiger partial charge in [0.2, 0.25) is 0 Å². The molecule has 0 bridgehead atoms. The third-order valence-corrected chi connectivity index (χ3v) is 4.79. The molecule has 0 aliphatic heterocycles. The summed E-state index contributed by atoms with van der Waals surface area (Å²) in [5.41, 5.74) is 1.23. The molecule has 0 radical (unpaired) electrons. The number of esters is 1. The topological polar surface area (TPSA) is 92.1 Å². The molecule has 24 heavy (non-hydrogen) atoms. The molecule has 1 N–H and O–H groups in total. The van der Waals surface area contributed by atoms with Gasteiger partial charge in [0.15, 0.2) is 6.10 Å². The first-order valence-electron chi connectivity index (χ1n) is 8.03. The highest BCUT2D eigenvalue weighted by atomic mass is 32.2. The maximum Gasteiger partial charge on any atom is 0.340 e. The minimum atomic E-state index is -0.889.